The molecule has 0 radical (unpaired) electrons. The van der Waals surface area contributed by atoms with Gasteiger partial charge in [0, 0.05) is 11.6 Å². The summed E-state index contributed by atoms with van der Waals surface area (Å²) in [5, 5.41) is 0. The summed E-state index contributed by atoms with van der Waals surface area (Å²) in [5.41, 5.74) is 1.00. The van der Waals surface area contributed by atoms with E-state index in [-0.39, 0.29) is 47.9 Å². The highest BCUT2D eigenvalue weighted by atomic mass is 16.5. The number of imide groups is 1. The smallest absolute Gasteiger partial charge is 0.238 e. The number of ether oxygens (including phenoxy) is 2. The van der Waals surface area contributed by atoms with E-state index in [9.17, 15) is 14.4 Å². The van der Waals surface area contributed by atoms with E-state index >= 15 is 0 Å². The number of allylic oxidation sites excluding steroid dienone is 2. The number of methoxy groups -OCH3 is 1. The first kappa shape index (κ1) is 19.3. The Hall–Kier alpha value is -3.41. The second kappa shape index (κ2) is 7.05. The second-order valence-electron chi connectivity index (χ2n) is 9.11. The third kappa shape index (κ3) is 2.82. The third-order valence-corrected chi connectivity index (χ3v) is 7.50. The number of amides is 2. The molecular weight excluding hydrogens is 406 g/mol. The lowest BCUT2D eigenvalue weighted by molar-refractivity contribution is -0.124. The van der Waals surface area contributed by atoms with Gasteiger partial charge in [-0.3, -0.25) is 14.4 Å². The van der Waals surface area contributed by atoms with Gasteiger partial charge in [-0.15, -0.1) is 0 Å². The van der Waals surface area contributed by atoms with Crippen LogP contribution in [0.3, 0.4) is 0 Å². The molecule has 7 rings (SSSR count). The van der Waals surface area contributed by atoms with E-state index in [2.05, 4.69) is 12.2 Å². The fourth-order valence-electron chi connectivity index (χ4n) is 5.95. The number of carbonyl (C=O) groups excluding carboxylic acids is 3. The molecule has 6 heteroatoms. The Labute approximate surface area is 185 Å². The summed E-state index contributed by atoms with van der Waals surface area (Å²) in [7, 11) is 1.55. The molecule has 3 fully saturated rings. The van der Waals surface area contributed by atoms with Gasteiger partial charge in [0.05, 0.1) is 24.6 Å². The zero-order chi connectivity index (χ0) is 22.0. The zero-order valence-electron chi connectivity index (χ0n) is 17.6. The van der Waals surface area contributed by atoms with E-state index in [0.29, 0.717) is 34.6 Å². The van der Waals surface area contributed by atoms with Crippen LogP contribution in [0.4, 0.5) is 5.69 Å². The quantitative estimate of drug-likeness (QED) is 0.399. The van der Waals surface area contributed by atoms with Crippen molar-refractivity contribution in [3.8, 4) is 11.5 Å². The summed E-state index contributed by atoms with van der Waals surface area (Å²) in [6.07, 6.45) is 5.47. The van der Waals surface area contributed by atoms with Crippen LogP contribution in [0.2, 0.25) is 0 Å². The van der Waals surface area contributed by atoms with Crippen LogP contribution in [0, 0.1) is 35.5 Å². The highest BCUT2D eigenvalue weighted by molar-refractivity contribution is 6.22. The van der Waals surface area contributed by atoms with Crippen LogP contribution < -0.4 is 14.4 Å². The van der Waals surface area contributed by atoms with Gasteiger partial charge in [-0.1, -0.05) is 30.4 Å². The van der Waals surface area contributed by atoms with Crippen LogP contribution in [-0.2, 0) is 9.59 Å². The van der Waals surface area contributed by atoms with Crippen LogP contribution in [-0.4, -0.2) is 31.3 Å². The van der Waals surface area contributed by atoms with Gasteiger partial charge in [0.25, 0.3) is 0 Å². The molecule has 0 aromatic heterocycles. The summed E-state index contributed by atoms with van der Waals surface area (Å²) in [5.74, 6) is 1.71. The van der Waals surface area contributed by atoms with Crippen LogP contribution >= 0.6 is 0 Å². The zero-order valence-corrected chi connectivity index (χ0v) is 17.6. The summed E-state index contributed by atoms with van der Waals surface area (Å²) >= 11 is 0. The standard InChI is InChI=1S/C26H23NO5/c1-31-16-6-2-4-14(10-16)22(28)13-32-17-7-3-5-15(11-17)27-25(29)23-18-8-9-19(21-12-20(18)21)24(23)26(27)30/h2-11,18-21,23-24H,12-13H2,1H3/t18-,19-,20-,21-,23-,24+/m0/s1. The molecule has 4 aliphatic carbocycles. The van der Waals surface area contributed by atoms with E-state index in [1.54, 1.807) is 55.6 Å². The normalized spacial score (nSPS) is 31.3. The van der Waals surface area contributed by atoms with Crippen molar-refractivity contribution in [1.29, 1.82) is 0 Å². The maximum atomic E-state index is 13.3. The van der Waals surface area contributed by atoms with Crippen molar-refractivity contribution in [2.75, 3.05) is 18.6 Å². The minimum atomic E-state index is -0.236. The predicted octanol–water partition coefficient (Wildman–Crippen LogP) is 3.51. The SMILES string of the molecule is COc1cccc(C(=O)COc2cccc(N3C(=O)[C@@H]4[C@H]5C=C[C@@H]([C@@H]6C[C@@H]56)[C@@H]4C3=O)c2)c1. The average molecular weight is 429 g/mol. The molecule has 0 unspecified atom stereocenters. The molecule has 2 aromatic rings. The molecule has 2 aromatic carbocycles. The van der Waals surface area contributed by atoms with Crippen molar-refractivity contribution < 1.29 is 23.9 Å². The first-order valence-electron chi connectivity index (χ1n) is 11.0. The van der Waals surface area contributed by atoms with Crippen molar-refractivity contribution >= 4 is 23.3 Å². The molecule has 0 spiro atoms. The number of hydrogen-bond acceptors (Lipinski definition) is 5. The molecule has 6 nitrogen and oxygen atoms in total. The molecule has 2 bridgehead atoms. The second-order valence-corrected chi connectivity index (χ2v) is 9.11. The van der Waals surface area contributed by atoms with E-state index in [1.807, 2.05) is 0 Å². The molecule has 1 heterocycles. The number of anilines is 1. The number of rotatable bonds is 6. The molecule has 1 aliphatic heterocycles. The Morgan fingerprint density at radius 1 is 0.938 bits per heavy atom. The topological polar surface area (TPSA) is 72.9 Å². The monoisotopic (exact) mass is 429 g/mol. The van der Waals surface area contributed by atoms with E-state index < -0.39 is 0 Å². The molecular formula is C26H23NO5. The molecule has 1 saturated heterocycles. The fourth-order valence-corrected chi connectivity index (χ4v) is 5.95. The largest absolute Gasteiger partial charge is 0.497 e. The molecule has 32 heavy (non-hydrogen) atoms. The van der Waals surface area contributed by atoms with Gasteiger partial charge in [0.2, 0.25) is 11.8 Å². The van der Waals surface area contributed by atoms with Crippen molar-refractivity contribution in [3.05, 3.63) is 66.2 Å². The van der Waals surface area contributed by atoms with Gasteiger partial charge in [0.15, 0.2) is 12.4 Å². The molecule has 162 valence electrons. The maximum absolute atomic E-state index is 13.3. The Kier molecular flexibility index (Phi) is 4.25. The fraction of sp³-hybridized carbons (Fsp3) is 0.346. The summed E-state index contributed by atoms with van der Waals surface area (Å²) < 4.78 is 10.9. The van der Waals surface area contributed by atoms with E-state index in [0.717, 1.165) is 6.42 Å². The number of benzene rings is 2. The lowest BCUT2D eigenvalue weighted by atomic mass is 9.63. The Bertz CT molecular complexity index is 1130. The number of carbonyl (C=O) groups is 3. The Balaban J connectivity index is 1.20. The molecule has 5 aliphatic rings. The van der Waals surface area contributed by atoms with Crippen LogP contribution in [0.5, 0.6) is 11.5 Å². The Morgan fingerprint density at radius 3 is 2.28 bits per heavy atom. The van der Waals surface area contributed by atoms with Gasteiger partial charge in [0.1, 0.15) is 11.5 Å². The molecule has 6 atom stereocenters. The highest BCUT2D eigenvalue weighted by Gasteiger charge is 2.67. The van der Waals surface area contributed by atoms with E-state index in [1.165, 1.54) is 4.90 Å². The van der Waals surface area contributed by atoms with Gasteiger partial charge in [-0.25, -0.2) is 4.90 Å². The van der Waals surface area contributed by atoms with Crippen LogP contribution in [0.15, 0.2) is 60.7 Å². The average Bonchev–Trinajstić information content (AvgIpc) is 3.61. The van der Waals surface area contributed by atoms with Gasteiger partial charge < -0.3 is 9.47 Å². The van der Waals surface area contributed by atoms with Crippen molar-refractivity contribution in [2.45, 2.75) is 6.42 Å². The van der Waals surface area contributed by atoms with Gasteiger partial charge >= 0.3 is 0 Å². The number of Topliss-reactive ketones (excluding diaryl/α,β-unsaturated/α-hetero) is 1. The lowest BCUT2D eigenvalue weighted by Gasteiger charge is -2.37. The van der Waals surface area contributed by atoms with Gasteiger partial charge in [-0.2, -0.15) is 0 Å². The maximum Gasteiger partial charge on any atom is 0.238 e. The lowest BCUT2D eigenvalue weighted by Crippen LogP contribution is -2.40. The molecule has 2 saturated carbocycles. The Morgan fingerprint density at radius 2 is 1.59 bits per heavy atom. The van der Waals surface area contributed by atoms with Crippen molar-refractivity contribution in [3.63, 3.8) is 0 Å². The summed E-state index contributed by atoms with van der Waals surface area (Å²) in [4.78, 5) is 40.4. The minimum absolute atomic E-state index is 0.102. The van der Waals surface area contributed by atoms with E-state index in [4.69, 9.17) is 9.47 Å². The van der Waals surface area contributed by atoms with Gasteiger partial charge in [-0.05, 0) is 54.4 Å². The van der Waals surface area contributed by atoms with Crippen molar-refractivity contribution in [2.24, 2.45) is 35.5 Å². The summed E-state index contributed by atoms with van der Waals surface area (Å²) in [6, 6.07) is 13.8. The first-order chi connectivity index (χ1) is 15.6. The predicted molar refractivity (Wildman–Crippen MR) is 116 cm³/mol. The van der Waals surface area contributed by atoms with Crippen LogP contribution in [0.1, 0.15) is 16.8 Å². The summed E-state index contributed by atoms with van der Waals surface area (Å²) in [6.45, 7) is -0.152. The highest BCUT2D eigenvalue weighted by Crippen LogP contribution is 2.65. The van der Waals surface area contributed by atoms with Crippen molar-refractivity contribution in [1.82, 2.24) is 0 Å². The molecule has 0 N–H and O–H groups in total. The first-order valence-corrected chi connectivity index (χ1v) is 11.0. The third-order valence-electron chi connectivity index (χ3n) is 7.50. The molecule has 2 amide bonds. The number of hydrogen-bond donors (Lipinski definition) is 0. The minimum Gasteiger partial charge on any atom is -0.497 e. The number of ketones is 1. The van der Waals surface area contributed by atoms with Crippen LogP contribution in [0.25, 0.3) is 0 Å². The number of nitrogens with zero attached hydrogens (tertiary/aromatic N) is 1.